The van der Waals surface area contributed by atoms with Crippen LogP contribution in [-0.2, 0) is 16.1 Å². The second kappa shape index (κ2) is 6.45. The summed E-state index contributed by atoms with van der Waals surface area (Å²) in [7, 11) is 1.55. The molecule has 0 radical (unpaired) electrons. The molecule has 7 heteroatoms. The molecule has 0 aromatic heterocycles. The molecule has 0 unspecified atom stereocenters. The molecule has 1 aliphatic rings. The molecule has 1 aliphatic heterocycles. The second-order valence-electron chi connectivity index (χ2n) is 4.33. The number of nitrogens with one attached hydrogen (secondary N) is 2. The number of carbonyl (C=O) groups is 3. The Morgan fingerprint density at radius 2 is 2.19 bits per heavy atom. The van der Waals surface area contributed by atoms with Crippen LogP contribution in [0.5, 0.6) is 5.75 Å². The van der Waals surface area contributed by atoms with Crippen molar-refractivity contribution in [3.8, 4) is 5.75 Å². The van der Waals surface area contributed by atoms with Crippen molar-refractivity contribution in [1.82, 2.24) is 10.6 Å². The van der Waals surface area contributed by atoms with Crippen molar-refractivity contribution in [1.29, 1.82) is 0 Å². The SMILES string of the molecule is COc1ccc(/C=C2\SC(=O)NC2=O)cc1CNC(C)=O. The Morgan fingerprint density at radius 3 is 2.76 bits per heavy atom. The molecule has 0 saturated carbocycles. The summed E-state index contributed by atoms with van der Waals surface area (Å²) in [6.07, 6.45) is 1.63. The molecular weight excluding hydrogens is 292 g/mol. The van der Waals surface area contributed by atoms with Crippen LogP contribution in [0.1, 0.15) is 18.1 Å². The predicted octanol–water partition coefficient (Wildman–Crippen LogP) is 1.66. The van der Waals surface area contributed by atoms with Crippen molar-refractivity contribution in [3.05, 3.63) is 34.2 Å². The molecule has 2 N–H and O–H groups in total. The summed E-state index contributed by atoms with van der Waals surface area (Å²) in [6.45, 7) is 1.76. The number of benzene rings is 1. The first-order chi connectivity index (χ1) is 9.99. The van der Waals surface area contributed by atoms with Gasteiger partial charge >= 0.3 is 0 Å². The number of ether oxygens (including phenoxy) is 1. The van der Waals surface area contributed by atoms with Crippen molar-refractivity contribution >= 4 is 34.9 Å². The van der Waals surface area contributed by atoms with Crippen molar-refractivity contribution < 1.29 is 19.1 Å². The average molecular weight is 306 g/mol. The number of carbonyl (C=O) groups excluding carboxylic acids is 3. The fraction of sp³-hybridized carbons (Fsp3) is 0.214. The van der Waals surface area contributed by atoms with Gasteiger partial charge in [0.25, 0.3) is 11.1 Å². The van der Waals surface area contributed by atoms with Crippen LogP contribution in [-0.4, -0.2) is 24.2 Å². The van der Waals surface area contributed by atoms with Gasteiger partial charge in [-0.2, -0.15) is 0 Å². The first kappa shape index (κ1) is 15.1. The number of hydrogen-bond donors (Lipinski definition) is 2. The number of methoxy groups -OCH3 is 1. The van der Waals surface area contributed by atoms with E-state index in [9.17, 15) is 14.4 Å². The van der Waals surface area contributed by atoms with E-state index in [1.54, 1.807) is 31.4 Å². The molecule has 21 heavy (non-hydrogen) atoms. The minimum absolute atomic E-state index is 0.142. The molecule has 0 bridgehead atoms. The smallest absolute Gasteiger partial charge is 0.290 e. The molecule has 3 amide bonds. The first-order valence-corrected chi connectivity index (χ1v) is 6.97. The fourth-order valence-electron chi connectivity index (χ4n) is 1.82. The fourth-order valence-corrected chi connectivity index (χ4v) is 2.50. The second-order valence-corrected chi connectivity index (χ2v) is 5.35. The van der Waals surface area contributed by atoms with Crippen LogP contribution in [0, 0.1) is 0 Å². The summed E-state index contributed by atoms with van der Waals surface area (Å²) >= 11 is 0.863. The zero-order chi connectivity index (χ0) is 15.4. The maximum Gasteiger partial charge on any atom is 0.290 e. The van der Waals surface area contributed by atoms with E-state index in [2.05, 4.69) is 10.6 Å². The highest BCUT2D eigenvalue weighted by Crippen LogP contribution is 2.27. The van der Waals surface area contributed by atoms with E-state index in [4.69, 9.17) is 4.74 Å². The van der Waals surface area contributed by atoms with E-state index in [-0.39, 0.29) is 11.1 Å². The molecular formula is C14H14N2O4S. The summed E-state index contributed by atoms with van der Waals surface area (Å²) in [6, 6.07) is 5.33. The van der Waals surface area contributed by atoms with Crippen LogP contribution in [0.4, 0.5) is 4.79 Å². The van der Waals surface area contributed by atoms with E-state index in [0.717, 1.165) is 22.9 Å². The van der Waals surface area contributed by atoms with Gasteiger partial charge in [-0.05, 0) is 35.5 Å². The van der Waals surface area contributed by atoms with Crippen molar-refractivity contribution in [3.63, 3.8) is 0 Å². The third kappa shape index (κ3) is 3.85. The Balaban J connectivity index is 2.27. The lowest BCUT2D eigenvalue weighted by molar-refractivity contribution is -0.119. The van der Waals surface area contributed by atoms with Crippen molar-refractivity contribution in [2.45, 2.75) is 13.5 Å². The van der Waals surface area contributed by atoms with Crippen LogP contribution in [0.3, 0.4) is 0 Å². The molecule has 0 aliphatic carbocycles. The highest BCUT2D eigenvalue weighted by Gasteiger charge is 2.24. The number of hydrogen-bond acceptors (Lipinski definition) is 5. The van der Waals surface area contributed by atoms with E-state index in [1.807, 2.05) is 0 Å². The third-order valence-corrected chi connectivity index (χ3v) is 3.58. The minimum atomic E-state index is -0.399. The zero-order valence-electron chi connectivity index (χ0n) is 11.6. The Labute approximate surface area is 125 Å². The number of rotatable bonds is 4. The summed E-state index contributed by atoms with van der Waals surface area (Å²) in [5, 5.41) is 4.52. The lowest BCUT2D eigenvalue weighted by Gasteiger charge is -2.10. The topological polar surface area (TPSA) is 84.5 Å². The van der Waals surface area contributed by atoms with Gasteiger partial charge in [0.05, 0.1) is 12.0 Å². The molecule has 1 heterocycles. The molecule has 1 saturated heterocycles. The molecule has 6 nitrogen and oxygen atoms in total. The van der Waals surface area contributed by atoms with Gasteiger partial charge in [0.2, 0.25) is 5.91 Å². The quantitative estimate of drug-likeness (QED) is 0.826. The minimum Gasteiger partial charge on any atom is -0.496 e. The number of thioether (sulfide) groups is 1. The van der Waals surface area contributed by atoms with Gasteiger partial charge in [-0.15, -0.1) is 0 Å². The first-order valence-electron chi connectivity index (χ1n) is 6.16. The molecule has 2 rings (SSSR count). The zero-order valence-corrected chi connectivity index (χ0v) is 12.4. The maximum atomic E-state index is 11.5. The van der Waals surface area contributed by atoms with Gasteiger partial charge in [-0.1, -0.05) is 6.07 Å². The van der Waals surface area contributed by atoms with E-state index >= 15 is 0 Å². The van der Waals surface area contributed by atoms with E-state index in [1.165, 1.54) is 6.92 Å². The van der Waals surface area contributed by atoms with E-state index < -0.39 is 5.91 Å². The molecule has 1 aromatic rings. The summed E-state index contributed by atoms with van der Waals surface area (Å²) in [5.41, 5.74) is 1.54. The highest BCUT2D eigenvalue weighted by atomic mass is 32.2. The van der Waals surface area contributed by atoms with E-state index in [0.29, 0.717) is 17.2 Å². The lowest BCUT2D eigenvalue weighted by Crippen LogP contribution is -2.19. The molecule has 0 spiro atoms. The standard InChI is InChI=1S/C14H14N2O4S/c1-8(17)15-7-10-5-9(3-4-11(10)20-2)6-12-13(18)16-14(19)21-12/h3-6H,7H2,1-2H3,(H,15,17)(H,16,18,19)/b12-6-. The molecule has 0 atom stereocenters. The Bertz CT molecular complexity index is 640. The van der Waals surface area contributed by atoms with Crippen LogP contribution in [0.2, 0.25) is 0 Å². The Kier molecular flexibility index (Phi) is 4.64. The third-order valence-electron chi connectivity index (χ3n) is 2.77. The van der Waals surface area contributed by atoms with Gasteiger partial charge in [0.15, 0.2) is 0 Å². The predicted molar refractivity (Wildman–Crippen MR) is 79.6 cm³/mol. The number of imide groups is 1. The molecule has 1 fully saturated rings. The Morgan fingerprint density at radius 1 is 1.43 bits per heavy atom. The maximum absolute atomic E-state index is 11.5. The van der Waals surface area contributed by atoms with Crippen molar-refractivity contribution in [2.24, 2.45) is 0 Å². The highest BCUT2D eigenvalue weighted by molar-refractivity contribution is 8.18. The number of amides is 3. The van der Waals surface area contributed by atoms with Crippen LogP contribution in [0.15, 0.2) is 23.1 Å². The van der Waals surface area contributed by atoms with Gasteiger partial charge < -0.3 is 10.1 Å². The Hall–Kier alpha value is -2.28. The van der Waals surface area contributed by atoms with Gasteiger partial charge in [0, 0.05) is 19.0 Å². The van der Waals surface area contributed by atoms with Crippen LogP contribution >= 0.6 is 11.8 Å². The largest absolute Gasteiger partial charge is 0.496 e. The van der Waals surface area contributed by atoms with Gasteiger partial charge in [-0.3, -0.25) is 19.7 Å². The van der Waals surface area contributed by atoms with Gasteiger partial charge in [0.1, 0.15) is 5.75 Å². The van der Waals surface area contributed by atoms with Gasteiger partial charge in [-0.25, -0.2) is 0 Å². The monoisotopic (exact) mass is 306 g/mol. The molecule has 1 aromatic carbocycles. The normalized spacial score (nSPS) is 16.0. The summed E-state index contributed by atoms with van der Waals surface area (Å²) in [5.74, 6) is 0.104. The van der Waals surface area contributed by atoms with Crippen LogP contribution in [0.25, 0.3) is 6.08 Å². The van der Waals surface area contributed by atoms with Crippen molar-refractivity contribution in [2.75, 3.05) is 7.11 Å². The summed E-state index contributed by atoms with van der Waals surface area (Å²) in [4.78, 5) is 34.0. The van der Waals surface area contributed by atoms with Crippen LogP contribution < -0.4 is 15.4 Å². The average Bonchev–Trinajstić information content (AvgIpc) is 2.74. The summed E-state index contributed by atoms with van der Waals surface area (Å²) < 4.78 is 5.23. The lowest BCUT2D eigenvalue weighted by atomic mass is 10.1. The molecule has 110 valence electrons.